The molecule has 0 bridgehead atoms. The van der Waals surface area contributed by atoms with Gasteiger partial charge in [-0.15, -0.1) is 0 Å². The predicted molar refractivity (Wildman–Crippen MR) is 118 cm³/mol. The molecule has 1 atom stereocenters. The number of anilines is 1. The maximum atomic E-state index is 13.3. The smallest absolute Gasteiger partial charge is 0.387 e. The Morgan fingerprint density at radius 3 is 2.39 bits per heavy atom. The Hall–Kier alpha value is -2.92. The molecule has 11 heteroatoms. The van der Waals surface area contributed by atoms with Crippen molar-refractivity contribution in [1.29, 1.82) is 0 Å². The first-order valence-electron chi connectivity index (χ1n) is 10.3. The van der Waals surface area contributed by atoms with Gasteiger partial charge in [-0.2, -0.15) is 13.1 Å². The number of hydrogen-bond acceptors (Lipinski definition) is 6. The molecule has 0 saturated carbocycles. The first-order valence-corrected chi connectivity index (χ1v) is 11.8. The zero-order valence-corrected chi connectivity index (χ0v) is 19.3. The minimum absolute atomic E-state index is 0.0613. The van der Waals surface area contributed by atoms with Gasteiger partial charge in [0, 0.05) is 29.9 Å². The zero-order chi connectivity index (χ0) is 24.2. The fraction of sp³-hybridized carbons (Fsp3) is 0.409. The first kappa shape index (κ1) is 24.7. The number of carbonyl (C=O) groups excluding carboxylic acids is 1. The number of ether oxygens (including phenoxy) is 3. The Morgan fingerprint density at radius 1 is 1.06 bits per heavy atom. The van der Waals surface area contributed by atoms with Crippen LogP contribution in [0.1, 0.15) is 36.5 Å². The molecule has 180 valence electrons. The number of hydrogen-bond donors (Lipinski definition) is 1. The van der Waals surface area contributed by atoms with Gasteiger partial charge >= 0.3 is 6.61 Å². The molecular formula is C22H26F2N2O6S. The van der Waals surface area contributed by atoms with E-state index in [1.54, 1.807) is 0 Å². The summed E-state index contributed by atoms with van der Waals surface area (Å²) in [4.78, 5) is 12.7. The lowest BCUT2D eigenvalue weighted by molar-refractivity contribution is -0.0511. The molecule has 1 unspecified atom stereocenters. The minimum Gasteiger partial charge on any atom is -0.495 e. The van der Waals surface area contributed by atoms with Gasteiger partial charge in [-0.25, -0.2) is 8.42 Å². The molecule has 2 aromatic rings. The number of halogens is 2. The van der Waals surface area contributed by atoms with Crippen molar-refractivity contribution >= 4 is 21.6 Å². The van der Waals surface area contributed by atoms with E-state index in [1.165, 1.54) is 54.9 Å². The van der Waals surface area contributed by atoms with Crippen molar-refractivity contribution in [2.45, 2.75) is 43.7 Å². The Morgan fingerprint density at radius 2 is 1.76 bits per heavy atom. The van der Waals surface area contributed by atoms with E-state index in [-0.39, 0.29) is 39.4 Å². The molecule has 0 radical (unpaired) electrons. The number of benzene rings is 2. The van der Waals surface area contributed by atoms with Gasteiger partial charge in [-0.3, -0.25) is 4.79 Å². The van der Waals surface area contributed by atoms with Crippen LogP contribution in [0.3, 0.4) is 0 Å². The molecule has 3 rings (SSSR count). The molecule has 1 aliphatic rings. The number of sulfonamides is 1. The average Bonchev–Trinajstić information content (AvgIpc) is 2.78. The van der Waals surface area contributed by atoms with Gasteiger partial charge < -0.3 is 19.5 Å². The van der Waals surface area contributed by atoms with Crippen molar-refractivity contribution < 1.29 is 36.2 Å². The van der Waals surface area contributed by atoms with Crippen molar-refractivity contribution in [3.05, 3.63) is 42.0 Å². The van der Waals surface area contributed by atoms with Crippen molar-refractivity contribution in [1.82, 2.24) is 4.31 Å². The SMILES string of the molecule is COc1ccc(NC(=O)c2ccc(OC)c(S(=O)(=O)N3CCCCC3C)c2)cc1OC(F)F. The second-order valence-corrected chi connectivity index (χ2v) is 9.38. The van der Waals surface area contributed by atoms with E-state index in [0.717, 1.165) is 19.3 Å². The van der Waals surface area contributed by atoms with E-state index in [1.807, 2.05) is 6.92 Å². The molecule has 2 aromatic carbocycles. The first-order chi connectivity index (χ1) is 15.7. The van der Waals surface area contributed by atoms with Crippen LogP contribution < -0.4 is 19.5 Å². The van der Waals surface area contributed by atoms with Crippen molar-refractivity contribution in [2.24, 2.45) is 0 Å². The Labute approximate surface area is 191 Å². The van der Waals surface area contributed by atoms with E-state index in [9.17, 15) is 22.0 Å². The van der Waals surface area contributed by atoms with Gasteiger partial charge in [0.15, 0.2) is 11.5 Å². The summed E-state index contributed by atoms with van der Waals surface area (Å²) in [6.45, 7) is -0.832. The largest absolute Gasteiger partial charge is 0.495 e. The van der Waals surface area contributed by atoms with Gasteiger partial charge in [0.1, 0.15) is 10.6 Å². The fourth-order valence-electron chi connectivity index (χ4n) is 3.72. The highest BCUT2D eigenvalue weighted by atomic mass is 32.2. The highest BCUT2D eigenvalue weighted by Gasteiger charge is 2.33. The zero-order valence-electron chi connectivity index (χ0n) is 18.5. The van der Waals surface area contributed by atoms with Crippen LogP contribution in [0, 0.1) is 0 Å². The van der Waals surface area contributed by atoms with E-state index in [2.05, 4.69) is 10.1 Å². The quantitative estimate of drug-likeness (QED) is 0.606. The second-order valence-electron chi connectivity index (χ2n) is 7.52. The molecular weight excluding hydrogens is 458 g/mol. The standard InChI is InChI=1S/C22H26F2N2O6S/c1-14-6-4-5-11-26(14)33(28,29)20-12-15(7-9-18(20)31-3)21(27)25-16-8-10-17(30-2)19(13-16)32-22(23)24/h7-10,12-14,22H,4-6,11H2,1-3H3,(H,25,27). The molecule has 33 heavy (non-hydrogen) atoms. The summed E-state index contributed by atoms with van der Waals surface area (Å²) in [5, 5.41) is 2.56. The molecule has 1 N–H and O–H groups in total. The maximum absolute atomic E-state index is 13.3. The third-order valence-corrected chi connectivity index (χ3v) is 7.43. The summed E-state index contributed by atoms with van der Waals surface area (Å²) >= 11 is 0. The average molecular weight is 485 g/mol. The summed E-state index contributed by atoms with van der Waals surface area (Å²) in [5.41, 5.74) is 0.229. The number of methoxy groups -OCH3 is 2. The third-order valence-electron chi connectivity index (χ3n) is 5.39. The highest BCUT2D eigenvalue weighted by molar-refractivity contribution is 7.89. The van der Waals surface area contributed by atoms with Gasteiger partial charge in [0.2, 0.25) is 10.0 Å². The van der Waals surface area contributed by atoms with Crippen molar-refractivity contribution in [2.75, 3.05) is 26.1 Å². The minimum atomic E-state index is -3.90. The topological polar surface area (TPSA) is 94.2 Å². The van der Waals surface area contributed by atoms with Crippen molar-refractivity contribution in [3.63, 3.8) is 0 Å². The molecule has 1 amide bonds. The number of carbonyl (C=O) groups is 1. The highest BCUT2D eigenvalue weighted by Crippen LogP contribution is 2.33. The van der Waals surface area contributed by atoms with Gasteiger partial charge in [0.25, 0.3) is 5.91 Å². The predicted octanol–water partition coefficient (Wildman–Crippen LogP) is 4.12. The summed E-state index contributed by atoms with van der Waals surface area (Å²) in [7, 11) is -1.25. The lowest BCUT2D eigenvalue weighted by atomic mass is 10.1. The monoisotopic (exact) mass is 484 g/mol. The van der Waals surface area contributed by atoms with E-state index < -0.39 is 22.5 Å². The lowest BCUT2D eigenvalue weighted by Gasteiger charge is -2.32. The summed E-state index contributed by atoms with van der Waals surface area (Å²) in [6, 6.07) is 7.94. The van der Waals surface area contributed by atoms with Gasteiger partial charge in [0.05, 0.1) is 14.2 Å². The Balaban J connectivity index is 1.91. The summed E-state index contributed by atoms with van der Waals surface area (Å²) < 4.78 is 68.1. The van der Waals surface area contributed by atoms with Crippen LogP contribution >= 0.6 is 0 Å². The van der Waals surface area contributed by atoms with Crippen LogP contribution in [-0.2, 0) is 10.0 Å². The molecule has 0 aliphatic carbocycles. The lowest BCUT2D eigenvalue weighted by Crippen LogP contribution is -2.42. The molecule has 1 fully saturated rings. The maximum Gasteiger partial charge on any atom is 0.387 e. The summed E-state index contributed by atoms with van der Waals surface area (Å²) in [5.74, 6) is -0.681. The van der Waals surface area contributed by atoms with Gasteiger partial charge in [-0.05, 0) is 50.1 Å². The Kier molecular flexibility index (Phi) is 7.75. The number of piperidine rings is 1. The molecule has 0 spiro atoms. The van der Waals surface area contributed by atoms with Crippen LogP contribution in [0.4, 0.5) is 14.5 Å². The number of nitrogens with one attached hydrogen (secondary N) is 1. The van der Waals surface area contributed by atoms with Crippen molar-refractivity contribution in [3.8, 4) is 17.2 Å². The number of nitrogens with zero attached hydrogens (tertiary/aromatic N) is 1. The van der Waals surface area contributed by atoms with E-state index in [4.69, 9.17) is 9.47 Å². The number of amides is 1. The molecule has 1 aliphatic heterocycles. The van der Waals surface area contributed by atoms with E-state index >= 15 is 0 Å². The second kappa shape index (κ2) is 10.3. The molecule has 0 aromatic heterocycles. The molecule has 8 nitrogen and oxygen atoms in total. The van der Waals surface area contributed by atoms with E-state index in [0.29, 0.717) is 6.54 Å². The molecule has 1 heterocycles. The van der Waals surface area contributed by atoms with Crippen LogP contribution in [0.5, 0.6) is 17.2 Å². The van der Waals surface area contributed by atoms with Gasteiger partial charge in [-0.1, -0.05) is 6.42 Å². The van der Waals surface area contributed by atoms with Crippen LogP contribution in [0.15, 0.2) is 41.3 Å². The number of rotatable bonds is 8. The Bertz CT molecular complexity index is 1110. The normalized spacial score (nSPS) is 17.0. The van der Waals surface area contributed by atoms with Crippen LogP contribution in [-0.4, -0.2) is 52.0 Å². The third kappa shape index (κ3) is 5.53. The number of alkyl halides is 2. The summed E-state index contributed by atoms with van der Waals surface area (Å²) in [6.07, 6.45) is 2.46. The fourth-order valence-corrected chi connectivity index (χ4v) is 5.60. The van der Waals surface area contributed by atoms with Crippen LogP contribution in [0.2, 0.25) is 0 Å². The van der Waals surface area contributed by atoms with Crippen LogP contribution in [0.25, 0.3) is 0 Å². The molecule has 1 saturated heterocycles.